The molecule has 0 aromatic heterocycles. The fourth-order valence-corrected chi connectivity index (χ4v) is 2.19. The van der Waals surface area contributed by atoms with Crippen molar-refractivity contribution in [2.24, 2.45) is 0 Å². The zero-order valence-corrected chi connectivity index (χ0v) is 13.9. The van der Waals surface area contributed by atoms with E-state index in [1.807, 2.05) is 0 Å². The molecule has 6 nitrogen and oxygen atoms in total. The van der Waals surface area contributed by atoms with Crippen LogP contribution < -0.4 is 16.0 Å². The van der Waals surface area contributed by atoms with E-state index in [2.05, 4.69) is 10.6 Å². The van der Waals surface area contributed by atoms with Crippen molar-refractivity contribution in [1.82, 2.24) is 0 Å². The second-order valence-electron chi connectivity index (χ2n) is 4.98. The Kier molecular flexibility index (Phi) is 6.35. The van der Waals surface area contributed by atoms with Crippen LogP contribution in [0.5, 0.6) is 0 Å². The Balaban J connectivity index is 2.32. The lowest BCUT2D eigenvalue weighted by Gasteiger charge is -2.13. The van der Waals surface area contributed by atoms with Crippen molar-refractivity contribution < 1.29 is 31.9 Å². The minimum Gasteiger partial charge on any atom is -0.329 e. The van der Waals surface area contributed by atoms with Crippen LogP contribution >= 0.6 is 11.6 Å². The lowest BCUT2D eigenvalue weighted by molar-refractivity contribution is -0.126. The normalized spacial score (nSPS) is 10.4. The maximum Gasteiger partial charge on any atom is 0.315 e. The molecule has 3 N–H and O–H groups in total. The largest absolute Gasteiger partial charge is 0.329 e. The number of halogens is 5. The predicted molar refractivity (Wildman–Crippen MR) is 90.1 cm³/mol. The molecule has 0 radical (unpaired) electrons. The number of anilines is 3. The monoisotopic (exact) mass is 403 g/mol. The van der Waals surface area contributed by atoms with Gasteiger partial charge in [-0.3, -0.25) is 14.4 Å². The third-order valence-corrected chi connectivity index (χ3v) is 3.55. The minimum absolute atomic E-state index is 0.0299. The number of carbonyl (C=O) groups is 3. The van der Waals surface area contributed by atoms with Crippen LogP contribution in [-0.4, -0.2) is 24.6 Å². The SMILES string of the molecule is O=CNc1ccc(Cl)c(C(=O)Nc2ccc(F)c(NC(=O)C(F)F)c2F)c1. The number of nitrogens with one attached hydrogen (secondary N) is 3. The Morgan fingerprint density at radius 1 is 1.07 bits per heavy atom. The van der Waals surface area contributed by atoms with Gasteiger partial charge in [0.2, 0.25) is 6.41 Å². The zero-order valence-electron chi connectivity index (χ0n) is 13.2. The van der Waals surface area contributed by atoms with Crippen molar-refractivity contribution in [1.29, 1.82) is 0 Å². The van der Waals surface area contributed by atoms with Crippen LogP contribution in [0, 0.1) is 11.6 Å². The molecule has 0 aliphatic carbocycles. The fraction of sp³-hybridized carbons (Fsp3) is 0.0625. The van der Waals surface area contributed by atoms with Gasteiger partial charge in [-0.05, 0) is 30.3 Å². The van der Waals surface area contributed by atoms with Crippen LogP contribution in [0.1, 0.15) is 10.4 Å². The molecule has 27 heavy (non-hydrogen) atoms. The first kappa shape index (κ1) is 20.2. The van der Waals surface area contributed by atoms with Crippen LogP contribution in [0.15, 0.2) is 30.3 Å². The second-order valence-corrected chi connectivity index (χ2v) is 5.39. The third kappa shape index (κ3) is 4.73. The lowest BCUT2D eigenvalue weighted by atomic mass is 10.1. The van der Waals surface area contributed by atoms with Gasteiger partial charge in [0.05, 0.1) is 16.3 Å². The summed E-state index contributed by atoms with van der Waals surface area (Å²) in [6, 6.07) is 5.42. The summed E-state index contributed by atoms with van der Waals surface area (Å²) in [5, 5.41) is 5.75. The molecule has 0 spiro atoms. The van der Waals surface area contributed by atoms with Gasteiger partial charge in [-0.15, -0.1) is 0 Å². The van der Waals surface area contributed by atoms with Gasteiger partial charge in [0.15, 0.2) is 5.82 Å². The number of hydrogen-bond donors (Lipinski definition) is 3. The molecule has 3 amide bonds. The van der Waals surface area contributed by atoms with Crippen molar-refractivity contribution in [3.05, 3.63) is 52.6 Å². The van der Waals surface area contributed by atoms with Crippen LogP contribution in [0.25, 0.3) is 0 Å². The smallest absolute Gasteiger partial charge is 0.315 e. The lowest BCUT2D eigenvalue weighted by Crippen LogP contribution is -2.22. The molecule has 0 atom stereocenters. The summed E-state index contributed by atoms with van der Waals surface area (Å²) in [5.41, 5.74) is -1.65. The molecule has 0 saturated carbocycles. The third-order valence-electron chi connectivity index (χ3n) is 3.22. The highest BCUT2D eigenvalue weighted by Gasteiger charge is 2.22. The quantitative estimate of drug-likeness (QED) is 0.508. The molecule has 0 aliphatic rings. The van der Waals surface area contributed by atoms with Gasteiger partial charge < -0.3 is 16.0 Å². The first-order chi connectivity index (χ1) is 12.7. The molecular weight excluding hydrogens is 394 g/mol. The molecule has 0 heterocycles. The van der Waals surface area contributed by atoms with Crippen molar-refractivity contribution in [3.8, 4) is 0 Å². The first-order valence-corrected chi connectivity index (χ1v) is 7.50. The highest BCUT2D eigenvalue weighted by molar-refractivity contribution is 6.34. The standard InChI is InChI=1S/C16H10ClF4N3O3/c17-9-2-1-7(22-6-25)5-8(9)15(26)23-11-4-3-10(18)13(12(11)19)24-16(27)14(20)21/h1-6,14H,(H,22,25)(H,23,26)(H,24,27). The van der Waals surface area contributed by atoms with Gasteiger partial charge in [0, 0.05) is 5.69 Å². The summed E-state index contributed by atoms with van der Waals surface area (Å²) in [7, 11) is 0. The number of benzene rings is 2. The van der Waals surface area contributed by atoms with E-state index in [4.69, 9.17) is 11.6 Å². The van der Waals surface area contributed by atoms with Gasteiger partial charge in [0.25, 0.3) is 11.8 Å². The van der Waals surface area contributed by atoms with Gasteiger partial charge >= 0.3 is 6.43 Å². The second kappa shape index (κ2) is 8.49. The highest BCUT2D eigenvalue weighted by Crippen LogP contribution is 2.28. The first-order valence-electron chi connectivity index (χ1n) is 7.12. The Hall–Kier alpha value is -3.14. The molecule has 142 valence electrons. The maximum absolute atomic E-state index is 14.3. The Bertz CT molecular complexity index is 909. The van der Waals surface area contributed by atoms with Crippen LogP contribution in [-0.2, 0) is 9.59 Å². The van der Waals surface area contributed by atoms with E-state index in [9.17, 15) is 31.9 Å². The molecule has 0 unspecified atom stereocenters. The fourth-order valence-electron chi connectivity index (χ4n) is 1.99. The predicted octanol–water partition coefficient (Wildman–Crippen LogP) is 3.64. The molecule has 0 saturated heterocycles. The van der Waals surface area contributed by atoms with E-state index in [0.29, 0.717) is 12.5 Å². The van der Waals surface area contributed by atoms with Crippen molar-refractivity contribution in [2.45, 2.75) is 6.43 Å². The average Bonchev–Trinajstić information content (AvgIpc) is 2.62. The number of amides is 3. The molecule has 11 heteroatoms. The van der Waals surface area contributed by atoms with Crippen molar-refractivity contribution >= 4 is 46.9 Å². The molecule has 0 bridgehead atoms. The van der Waals surface area contributed by atoms with Crippen LogP contribution in [0.3, 0.4) is 0 Å². The molecule has 0 fully saturated rings. The topological polar surface area (TPSA) is 87.3 Å². The Morgan fingerprint density at radius 2 is 1.78 bits per heavy atom. The van der Waals surface area contributed by atoms with Gasteiger partial charge in [0.1, 0.15) is 11.5 Å². The molecule has 0 aliphatic heterocycles. The maximum atomic E-state index is 14.3. The summed E-state index contributed by atoms with van der Waals surface area (Å²) in [4.78, 5) is 33.7. The summed E-state index contributed by atoms with van der Waals surface area (Å²) in [6.07, 6.45) is -3.13. The van der Waals surface area contributed by atoms with Crippen molar-refractivity contribution in [2.75, 3.05) is 16.0 Å². The van der Waals surface area contributed by atoms with Gasteiger partial charge in [-0.25, -0.2) is 8.78 Å². The highest BCUT2D eigenvalue weighted by atomic mass is 35.5. The Labute approximate surface area is 154 Å². The van der Waals surface area contributed by atoms with Gasteiger partial charge in [-0.1, -0.05) is 11.6 Å². The van der Waals surface area contributed by atoms with Crippen LogP contribution in [0.4, 0.5) is 34.6 Å². The molecular formula is C16H10ClF4N3O3. The zero-order chi connectivity index (χ0) is 20.1. The minimum atomic E-state index is -3.49. The summed E-state index contributed by atoms with van der Waals surface area (Å²) in [5.74, 6) is -5.61. The van der Waals surface area contributed by atoms with E-state index < -0.39 is 41.2 Å². The summed E-state index contributed by atoms with van der Waals surface area (Å²) < 4.78 is 52.5. The van der Waals surface area contributed by atoms with Gasteiger partial charge in [-0.2, -0.15) is 8.78 Å². The average molecular weight is 404 g/mol. The molecule has 2 aromatic rings. The van der Waals surface area contributed by atoms with E-state index in [1.165, 1.54) is 23.5 Å². The number of rotatable bonds is 6. The number of carbonyl (C=O) groups excluding carboxylic acids is 3. The van der Waals surface area contributed by atoms with E-state index >= 15 is 0 Å². The van der Waals surface area contributed by atoms with E-state index in [1.54, 1.807) is 0 Å². The number of hydrogen-bond acceptors (Lipinski definition) is 3. The van der Waals surface area contributed by atoms with E-state index in [-0.39, 0.29) is 16.3 Å². The van der Waals surface area contributed by atoms with Crippen LogP contribution in [0.2, 0.25) is 5.02 Å². The van der Waals surface area contributed by atoms with E-state index in [0.717, 1.165) is 6.07 Å². The summed E-state index contributed by atoms with van der Waals surface area (Å²) >= 11 is 5.89. The number of alkyl halides is 2. The molecule has 2 rings (SSSR count). The Morgan fingerprint density at radius 3 is 2.41 bits per heavy atom. The van der Waals surface area contributed by atoms with Crippen molar-refractivity contribution in [3.63, 3.8) is 0 Å². The summed E-state index contributed by atoms with van der Waals surface area (Å²) in [6.45, 7) is 0. The molecule has 2 aromatic carbocycles.